The zero-order chi connectivity index (χ0) is 19.1. The Labute approximate surface area is 159 Å². The highest BCUT2D eigenvalue weighted by Gasteiger charge is 2.49. The molecule has 6 nitrogen and oxygen atoms in total. The monoisotopic (exact) mass is 395 g/mol. The SMILES string of the molecule is COc1ccc(C(=O)CC2(O)C(=O)Nc3c(Cl)ccc(Cl)c32)c(OC)c1. The normalized spacial score (nSPS) is 18.3. The Morgan fingerprint density at radius 1 is 1.15 bits per heavy atom. The molecule has 0 saturated carbocycles. The van der Waals surface area contributed by atoms with E-state index in [1.807, 2.05) is 0 Å². The zero-order valence-corrected chi connectivity index (χ0v) is 15.4. The van der Waals surface area contributed by atoms with Crippen LogP contribution in [0.5, 0.6) is 11.5 Å². The van der Waals surface area contributed by atoms with Crippen LogP contribution in [-0.4, -0.2) is 31.0 Å². The lowest BCUT2D eigenvalue weighted by Gasteiger charge is -2.21. The maximum Gasteiger partial charge on any atom is 0.261 e. The van der Waals surface area contributed by atoms with Gasteiger partial charge < -0.3 is 19.9 Å². The zero-order valence-electron chi connectivity index (χ0n) is 13.9. The molecule has 2 aromatic carbocycles. The summed E-state index contributed by atoms with van der Waals surface area (Å²) >= 11 is 12.2. The third-order valence-electron chi connectivity index (χ3n) is 4.26. The molecular formula is C18H15Cl2NO5. The lowest BCUT2D eigenvalue weighted by Crippen LogP contribution is -2.36. The summed E-state index contributed by atoms with van der Waals surface area (Å²) in [5.74, 6) is -0.473. The van der Waals surface area contributed by atoms with E-state index in [0.29, 0.717) is 5.75 Å². The van der Waals surface area contributed by atoms with E-state index < -0.39 is 23.7 Å². The van der Waals surface area contributed by atoms with Crippen molar-refractivity contribution in [1.29, 1.82) is 0 Å². The molecule has 0 fully saturated rings. The van der Waals surface area contributed by atoms with Gasteiger partial charge in [0.2, 0.25) is 0 Å². The standard InChI is InChI=1S/C18H15Cl2NO5/c1-25-9-3-4-10(14(7-9)26-2)13(22)8-18(24)15-11(19)5-6-12(20)16(15)21-17(18)23/h3-7,24H,8H2,1-2H3,(H,21,23). The van der Waals surface area contributed by atoms with Crippen LogP contribution < -0.4 is 14.8 Å². The predicted octanol–water partition coefficient (Wildman–Crippen LogP) is 3.42. The minimum absolute atomic E-state index is 0.0949. The number of halogens is 2. The van der Waals surface area contributed by atoms with Gasteiger partial charge in [-0.1, -0.05) is 23.2 Å². The molecule has 1 amide bonds. The van der Waals surface area contributed by atoms with Crippen molar-refractivity contribution in [3.8, 4) is 11.5 Å². The van der Waals surface area contributed by atoms with E-state index in [9.17, 15) is 14.7 Å². The summed E-state index contributed by atoms with van der Waals surface area (Å²) in [7, 11) is 2.90. The van der Waals surface area contributed by atoms with E-state index in [-0.39, 0.29) is 32.6 Å². The second-order valence-electron chi connectivity index (χ2n) is 5.76. The van der Waals surface area contributed by atoms with Gasteiger partial charge in [0.15, 0.2) is 11.4 Å². The van der Waals surface area contributed by atoms with Crippen LogP contribution in [0.1, 0.15) is 22.3 Å². The summed E-state index contributed by atoms with van der Waals surface area (Å²) in [5.41, 5.74) is -1.61. The number of nitrogens with one attached hydrogen (secondary N) is 1. The highest BCUT2D eigenvalue weighted by Crippen LogP contribution is 2.46. The molecule has 0 spiro atoms. The van der Waals surface area contributed by atoms with Crippen LogP contribution in [0.15, 0.2) is 30.3 Å². The Bertz CT molecular complexity index is 915. The average Bonchev–Trinajstić information content (AvgIpc) is 2.89. The maximum absolute atomic E-state index is 12.8. The fraction of sp³-hybridized carbons (Fsp3) is 0.222. The van der Waals surface area contributed by atoms with Gasteiger partial charge in [-0.3, -0.25) is 9.59 Å². The van der Waals surface area contributed by atoms with E-state index >= 15 is 0 Å². The average molecular weight is 396 g/mol. The van der Waals surface area contributed by atoms with Crippen LogP contribution in [0.3, 0.4) is 0 Å². The number of hydrogen-bond acceptors (Lipinski definition) is 5. The second kappa shape index (κ2) is 6.79. The number of rotatable bonds is 5. The lowest BCUT2D eigenvalue weighted by atomic mass is 9.87. The molecule has 0 aliphatic carbocycles. The molecule has 1 aliphatic heterocycles. The fourth-order valence-electron chi connectivity index (χ4n) is 2.93. The van der Waals surface area contributed by atoms with Crippen molar-refractivity contribution in [3.63, 3.8) is 0 Å². The first-order valence-corrected chi connectivity index (χ1v) is 8.35. The van der Waals surface area contributed by atoms with Gasteiger partial charge >= 0.3 is 0 Å². The van der Waals surface area contributed by atoms with Crippen molar-refractivity contribution in [1.82, 2.24) is 0 Å². The Kier molecular flexibility index (Phi) is 4.84. The molecule has 1 heterocycles. The molecule has 0 aromatic heterocycles. The molecular weight excluding hydrogens is 381 g/mol. The highest BCUT2D eigenvalue weighted by atomic mass is 35.5. The molecule has 0 bridgehead atoms. The van der Waals surface area contributed by atoms with E-state index in [4.69, 9.17) is 32.7 Å². The van der Waals surface area contributed by atoms with Gasteiger partial charge in [0.05, 0.1) is 36.9 Å². The van der Waals surface area contributed by atoms with Crippen molar-refractivity contribution < 1.29 is 24.2 Å². The maximum atomic E-state index is 12.8. The number of Topliss-reactive ketones (excluding diaryl/α,β-unsaturated/α-hetero) is 1. The van der Waals surface area contributed by atoms with E-state index in [1.54, 1.807) is 12.1 Å². The summed E-state index contributed by atoms with van der Waals surface area (Å²) in [4.78, 5) is 25.2. The molecule has 1 atom stereocenters. The van der Waals surface area contributed by atoms with Gasteiger partial charge in [-0.2, -0.15) is 0 Å². The van der Waals surface area contributed by atoms with Crippen LogP contribution in [-0.2, 0) is 10.4 Å². The Hall–Kier alpha value is -2.28. The summed E-state index contributed by atoms with van der Waals surface area (Å²) in [6, 6.07) is 7.61. The third-order valence-corrected chi connectivity index (χ3v) is 4.89. The van der Waals surface area contributed by atoms with Gasteiger partial charge in [-0.05, 0) is 24.3 Å². The van der Waals surface area contributed by atoms with Crippen LogP contribution >= 0.6 is 23.2 Å². The number of aliphatic hydroxyl groups is 1. The molecule has 2 aromatic rings. The Morgan fingerprint density at radius 2 is 1.85 bits per heavy atom. The molecule has 136 valence electrons. The molecule has 0 radical (unpaired) electrons. The summed E-state index contributed by atoms with van der Waals surface area (Å²) in [6.45, 7) is 0. The predicted molar refractivity (Wildman–Crippen MR) is 97.5 cm³/mol. The van der Waals surface area contributed by atoms with Crippen molar-refractivity contribution in [2.45, 2.75) is 12.0 Å². The topological polar surface area (TPSA) is 84.9 Å². The number of amides is 1. The molecule has 1 unspecified atom stereocenters. The van der Waals surface area contributed by atoms with Crippen LogP contribution in [0.4, 0.5) is 5.69 Å². The number of carbonyl (C=O) groups excluding carboxylic acids is 2. The quantitative estimate of drug-likeness (QED) is 0.757. The number of anilines is 1. The number of ether oxygens (including phenoxy) is 2. The molecule has 0 saturated heterocycles. The molecule has 8 heteroatoms. The summed E-state index contributed by atoms with van der Waals surface area (Å²) in [5, 5.41) is 13.8. The smallest absolute Gasteiger partial charge is 0.261 e. The number of hydrogen-bond donors (Lipinski definition) is 2. The van der Waals surface area contributed by atoms with E-state index in [0.717, 1.165) is 0 Å². The van der Waals surface area contributed by atoms with Gasteiger partial charge in [0.1, 0.15) is 11.5 Å². The van der Waals surface area contributed by atoms with Crippen molar-refractivity contribution in [3.05, 3.63) is 51.5 Å². The van der Waals surface area contributed by atoms with E-state index in [1.165, 1.54) is 32.4 Å². The summed E-state index contributed by atoms with van der Waals surface area (Å²) < 4.78 is 10.3. The summed E-state index contributed by atoms with van der Waals surface area (Å²) in [6.07, 6.45) is -0.519. The highest BCUT2D eigenvalue weighted by molar-refractivity contribution is 6.38. The number of benzene rings is 2. The minimum Gasteiger partial charge on any atom is -0.497 e. The first-order chi connectivity index (χ1) is 12.3. The molecule has 26 heavy (non-hydrogen) atoms. The van der Waals surface area contributed by atoms with Crippen molar-refractivity contribution in [2.24, 2.45) is 0 Å². The number of carbonyl (C=O) groups is 2. The molecule has 3 rings (SSSR count). The van der Waals surface area contributed by atoms with Crippen molar-refractivity contribution in [2.75, 3.05) is 19.5 Å². The van der Waals surface area contributed by atoms with Crippen molar-refractivity contribution >= 4 is 40.6 Å². The van der Waals surface area contributed by atoms with Gasteiger partial charge in [0, 0.05) is 16.7 Å². The fourth-order valence-corrected chi connectivity index (χ4v) is 3.45. The Morgan fingerprint density at radius 3 is 2.50 bits per heavy atom. The van der Waals surface area contributed by atoms with Crippen LogP contribution in [0.2, 0.25) is 10.0 Å². The largest absolute Gasteiger partial charge is 0.497 e. The number of methoxy groups -OCH3 is 2. The van der Waals surface area contributed by atoms with Gasteiger partial charge in [0.25, 0.3) is 5.91 Å². The number of fused-ring (bicyclic) bond motifs is 1. The van der Waals surface area contributed by atoms with Crippen LogP contribution in [0.25, 0.3) is 0 Å². The van der Waals surface area contributed by atoms with Gasteiger partial charge in [-0.15, -0.1) is 0 Å². The van der Waals surface area contributed by atoms with Crippen LogP contribution in [0, 0.1) is 0 Å². The molecule has 2 N–H and O–H groups in total. The molecule has 1 aliphatic rings. The second-order valence-corrected chi connectivity index (χ2v) is 6.57. The Balaban J connectivity index is 2.01. The van der Waals surface area contributed by atoms with E-state index in [2.05, 4.69) is 5.32 Å². The minimum atomic E-state index is -2.13. The number of ketones is 1. The van der Waals surface area contributed by atoms with Gasteiger partial charge in [-0.25, -0.2) is 0 Å². The lowest BCUT2D eigenvalue weighted by molar-refractivity contribution is -0.133. The third kappa shape index (κ3) is 2.90. The first kappa shape index (κ1) is 18.5. The first-order valence-electron chi connectivity index (χ1n) is 7.59.